The molecule has 9 nitrogen and oxygen atoms in total. The third-order valence-corrected chi connectivity index (χ3v) is 6.30. The van der Waals surface area contributed by atoms with Crippen LogP contribution in [-0.4, -0.2) is 25.9 Å². The number of fused-ring (bicyclic) bond motifs is 2. The summed E-state index contributed by atoms with van der Waals surface area (Å²) in [4.78, 5) is -1.38. The van der Waals surface area contributed by atoms with Gasteiger partial charge in [0.05, 0.1) is 16.3 Å². The van der Waals surface area contributed by atoms with Crippen molar-refractivity contribution >= 4 is 53.2 Å². The van der Waals surface area contributed by atoms with Crippen molar-refractivity contribution < 1.29 is 90.2 Å². The minimum absolute atomic E-state index is 0. The molecule has 13 heteroatoms. The molecule has 0 fully saturated rings. The van der Waals surface area contributed by atoms with Crippen LogP contribution in [0, 0.1) is 0 Å². The van der Waals surface area contributed by atoms with Gasteiger partial charge in [0, 0.05) is 5.39 Å². The minimum Gasteiger partial charge on any atom is -0.871 e. The second-order valence-electron chi connectivity index (χ2n) is 6.59. The third-order valence-electron chi connectivity index (χ3n) is 4.57. The Morgan fingerprint density at radius 1 is 0.758 bits per heavy atom. The second-order valence-corrected chi connectivity index (χ2v) is 9.36. The molecule has 0 radical (unpaired) electrons. The van der Waals surface area contributed by atoms with Crippen LogP contribution in [0.5, 0.6) is 5.75 Å². The molecular weight excluding hydrogens is 490 g/mol. The Labute approximate surface area is 233 Å². The Balaban J connectivity index is 0.00000193. The van der Waals surface area contributed by atoms with E-state index in [-0.39, 0.29) is 64.5 Å². The summed E-state index contributed by atoms with van der Waals surface area (Å²) in [6.07, 6.45) is 0. The summed E-state index contributed by atoms with van der Waals surface area (Å²) in [5, 5.41) is 21.7. The second kappa shape index (κ2) is 10.5. The fraction of sp³-hybridized carbons (Fsp3) is 0. The van der Waals surface area contributed by atoms with E-state index in [0.717, 1.165) is 35.0 Å². The Hall–Kier alpha value is -1.38. The van der Waals surface area contributed by atoms with Crippen LogP contribution in [0.3, 0.4) is 0 Å². The maximum atomic E-state index is 12.8. The first kappa shape index (κ1) is 27.9. The molecule has 0 atom stereocenters. The third kappa shape index (κ3) is 6.01. The van der Waals surface area contributed by atoms with Crippen molar-refractivity contribution in [2.24, 2.45) is 10.2 Å². The van der Waals surface area contributed by atoms with E-state index in [2.05, 4.69) is 10.2 Å². The predicted octanol–water partition coefficient (Wildman–Crippen LogP) is -2.36. The van der Waals surface area contributed by atoms with Gasteiger partial charge in [-0.25, -0.2) is 8.42 Å². The number of hydrogen-bond acceptors (Lipinski definition) is 8. The largest absolute Gasteiger partial charge is 1.00 e. The summed E-state index contributed by atoms with van der Waals surface area (Å²) in [5.74, 6) is -0.850. The van der Waals surface area contributed by atoms with Gasteiger partial charge in [-0.2, -0.15) is 18.6 Å². The van der Waals surface area contributed by atoms with Crippen LogP contribution in [-0.2, 0) is 20.2 Å². The molecular formula is C20H12N2Na2O7S2. The quantitative estimate of drug-likeness (QED) is 0.186. The Morgan fingerprint density at radius 2 is 1.42 bits per heavy atom. The zero-order chi connectivity index (χ0) is 22.4. The van der Waals surface area contributed by atoms with Crippen molar-refractivity contribution in [2.45, 2.75) is 9.79 Å². The average Bonchev–Trinajstić information content (AvgIpc) is 2.71. The fourth-order valence-corrected chi connectivity index (χ4v) is 4.34. The zero-order valence-corrected chi connectivity index (χ0v) is 23.1. The van der Waals surface area contributed by atoms with Crippen molar-refractivity contribution in [3.05, 3.63) is 66.7 Å². The summed E-state index contributed by atoms with van der Waals surface area (Å²) < 4.78 is 67.1. The fourth-order valence-electron chi connectivity index (χ4n) is 3.13. The molecule has 0 spiro atoms. The van der Waals surface area contributed by atoms with Crippen molar-refractivity contribution in [1.29, 1.82) is 0 Å². The monoisotopic (exact) mass is 502 g/mol. The van der Waals surface area contributed by atoms with Crippen LogP contribution in [0.25, 0.3) is 21.5 Å². The first-order valence-corrected chi connectivity index (χ1v) is 11.5. The Bertz CT molecular complexity index is 1610. The van der Waals surface area contributed by atoms with E-state index < -0.39 is 46.9 Å². The van der Waals surface area contributed by atoms with Crippen LogP contribution in [0.4, 0.5) is 11.4 Å². The van der Waals surface area contributed by atoms with E-state index >= 15 is 0 Å². The number of nitrogens with zero attached hydrogens (tertiary/aromatic N) is 2. The molecule has 0 aliphatic heterocycles. The van der Waals surface area contributed by atoms with Gasteiger partial charge in [0.15, 0.2) is 0 Å². The molecule has 4 aromatic carbocycles. The number of rotatable bonds is 4. The van der Waals surface area contributed by atoms with Crippen molar-refractivity contribution in [3.8, 4) is 5.75 Å². The summed E-state index contributed by atoms with van der Waals surface area (Å²) in [6, 6.07) is 16.0. The summed E-state index contributed by atoms with van der Waals surface area (Å²) in [7, 11) is -9.70. The molecule has 0 amide bonds. The molecule has 0 unspecified atom stereocenters. The van der Waals surface area contributed by atoms with Crippen LogP contribution in [0.15, 0.2) is 86.7 Å². The molecule has 33 heavy (non-hydrogen) atoms. The van der Waals surface area contributed by atoms with Crippen LogP contribution >= 0.6 is 0 Å². The van der Waals surface area contributed by atoms with Crippen molar-refractivity contribution in [2.75, 3.05) is 0 Å². The molecule has 4 rings (SSSR count). The first-order valence-electron chi connectivity index (χ1n) is 8.66. The molecule has 0 bridgehead atoms. The van der Waals surface area contributed by atoms with E-state index in [4.69, 9.17) is 0 Å². The van der Waals surface area contributed by atoms with Crippen LogP contribution in [0.1, 0.15) is 0 Å². The van der Waals surface area contributed by atoms with E-state index in [1.165, 1.54) is 0 Å². The van der Waals surface area contributed by atoms with Gasteiger partial charge < -0.3 is 9.66 Å². The number of benzene rings is 4. The Morgan fingerprint density at radius 3 is 2.06 bits per heavy atom. The van der Waals surface area contributed by atoms with Crippen LogP contribution < -0.4 is 64.2 Å². The molecule has 158 valence electrons. The maximum absolute atomic E-state index is 12.8. The Kier molecular flexibility index (Phi) is 8.85. The smallest absolute Gasteiger partial charge is 0.871 e. The zero-order valence-electron chi connectivity index (χ0n) is 17.5. The van der Waals surface area contributed by atoms with Gasteiger partial charge in [-0.15, -0.1) is 0 Å². The molecule has 0 aromatic heterocycles. The molecule has 0 aliphatic rings. The van der Waals surface area contributed by atoms with Gasteiger partial charge in [-0.1, -0.05) is 42.1 Å². The van der Waals surface area contributed by atoms with E-state index in [9.17, 15) is 31.0 Å². The molecule has 0 saturated heterocycles. The summed E-state index contributed by atoms with van der Waals surface area (Å²) in [6.45, 7) is 0. The van der Waals surface area contributed by atoms with E-state index in [0.29, 0.717) is 5.69 Å². The van der Waals surface area contributed by atoms with Gasteiger partial charge in [0.2, 0.25) is 0 Å². The van der Waals surface area contributed by atoms with E-state index in [1.807, 2.05) is 24.3 Å². The van der Waals surface area contributed by atoms with Crippen molar-refractivity contribution in [1.82, 2.24) is 0 Å². The molecule has 0 heterocycles. The average molecular weight is 502 g/mol. The van der Waals surface area contributed by atoms with Gasteiger partial charge in [-0.05, 0) is 46.5 Å². The minimum atomic E-state index is -4.90. The summed E-state index contributed by atoms with van der Waals surface area (Å²) >= 11 is 0. The number of hydrogen-bond donors (Lipinski definition) is 1. The van der Waals surface area contributed by atoms with Gasteiger partial charge in [-0.3, -0.25) is 4.55 Å². The van der Waals surface area contributed by atoms with Gasteiger partial charge in [0.1, 0.15) is 15.0 Å². The predicted molar refractivity (Wildman–Crippen MR) is 109 cm³/mol. The topological polar surface area (TPSA) is 159 Å². The maximum Gasteiger partial charge on any atom is 1.00 e. The molecule has 1 N–H and O–H groups in total. The summed E-state index contributed by atoms with van der Waals surface area (Å²) in [5.41, 5.74) is -0.0729. The standard InChI is InChI=1S/C20H14N2O7S2.2Na/c23-20-17-10-15(30(24,25)26)7-8-16(17)19(31(27,28)29)11-18(20)22-21-14-6-5-12-3-1-2-4-13(12)9-14;;/h1-11,23H,(H,24,25,26)(H,27,28,29);;/q;2*+1/p-2. The SMILES string of the molecule is O=S(=O)([O-])c1ccc2c(S(=O)(=O)O)cc(N=Nc3ccc4ccccc4c3)c([O-])c2c1.[Na+].[Na+]. The molecule has 4 aromatic rings. The molecule has 0 saturated carbocycles. The normalized spacial score (nSPS) is 11.9. The number of azo groups is 1. The van der Waals surface area contributed by atoms with Crippen molar-refractivity contribution in [3.63, 3.8) is 0 Å². The first-order chi connectivity index (χ1) is 14.5. The van der Waals surface area contributed by atoms with Crippen LogP contribution in [0.2, 0.25) is 0 Å². The van der Waals surface area contributed by atoms with E-state index in [1.54, 1.807) is 18.2 Å². The van der Waals surface area contributed by atoms with Gasteiger partial charge >= 0.3 is 59.1 Å². The molecule has 0 aliphatic carbocycles. The van der Waals surface area contributed by atoms with Gasteiger partial charge in [0.25, 0.3) is 10.1 Å².